The highest BCUT2D eigenvalue weighted by atomic mass is 19.3. The molecular weight excluding hydrogens is 207 g/mol. The van der Waals surface area contributed by atoms with Gasteiger partial charge in [-0.05, 0) is 12.1 Å². The molecule has 0 N–H and O–H groups in total. The average Bonchev–Trinajstić information content (AvgIpc) is 2.07. The SMILES string of the molecule is Fc1cccc(C(F)F)c1OC(F)F. The fourth-order valence-corrected chi connectivity index (χ4v) is 0.911. The van der Waals surface area contributed by atoms with Gasteiger partial charge in [-0.3, -0.25) is 0 Å². The summed E-state index contributed by atoms with van der Waals surface area (Å²) < 4.78 is 64.2. The second-order valence-electron chi connectivity index (χ2n) is 2.34. The Labute approximate surface area is 76.1 Å². The van der Waals surface area contributed by atoms with Gasteiger partial charge in [-0.2, -0.15) is 8.78 Å². The van der Waals surface area contributed by atoms with Gasteiger partial charge in [0.2, 0.25) is 0 Å². The molecule has 78 valence electrons. The number of hydrogen-bond acceptors (Lipinski definition) is 1. The zero-order valence-corrected chi connectivity index (χ0v) is 6.68. The summed E-state index contributed by atoms with van der Waals surface area (Å²) >= 11 is 0. The molecule has 1 aromatic rings. The van der Waals surface area contributed by atoms with Crippen molar-refractivity contribution in [3.8, 4) is 5.75 Å². The van der Waals surface area contributed by atoms with Crippen LogP contribution in [0.3, 0.4) is 0 Å². The topological polar surface area (TPSA) is 9.23 Å². The van der Waals surface area contributed by atoms with Gasteiger partial charge in [0.25, 0.3) is 6.43 Å². The first-order chi connectivity index (χ1) is 6.52. The predicted molar refractivity (Wildman–Crippen MR) is 38.0 cm³/mol. The Hall–Kier alpha value is -1.33. The molecule has 14 heavy (non-hydrogen) atoms. The molecule has 0 aliphatic rings. The molecule has 0 radical (unpaired) electrons. The number of halogens is 5. The van der Waals surface area contributed by atoms with E-state index in [1.165, 1.54) is 0 Å². The number of benzene rings is 1. The van der Waals surface area contributed by atoms with E-state index >= 15 is 0 Å². The van der Waals surface area contributed by atoms with Gasteiger partial charge in [0.05, 0.1) is 5.56 Å². The second-order valence-corrected chi connectivity index (χ2v) is 2.34. The van der Waals surface area contributed by atoms with Crippen LogP contribution in [0.25, 0.3) is 0 Å². The minimum absolute atomic E-state index is 0.767. The van der Waals surface area contributed by atoms with Crippen LogP contribution in [-0.2, 0) is 0 Å². The Bertz CT molecular complexity index is 313. The molecule has 0 fully saturated rings. The van der Waals surface area contributed by atoms with Gasteiger partial charge in [-0.15, -0.1) is 0 Å². The third-order valence-electron chi connectivity index (χ3n) is 1.44. The molecule has 0 aromatic heterocycles. The van der Waals surface area contributed by atoms with Gasteiger partial charge in [0, 0.05) is 0 Å². The minimum Gasteiger partial charge on any atom is -0.431 e. The standard InChI is InChI=1S/C8H5F5O/c9-5-3-1-2-4(7(10)11)6(5)14-8(12)13/h1-3,7-8H. The highest BCUT2D eigenvalue weighted by molar-refractivity contribution is 5.35. The molecule has 0 amide bonds. The molecule has 0 aliphatic carbocycles. The minimum atomic E-state index is -3.33. The lowest BCUT2D eigenvalue weighted by Gasteiger charge is -2.10. The van der Waals surface area contributed by atoms with Crippen LogP contribution in [0.2, 0.25) is 0 Å². The Balaban J connectivity index is 3.09. The summed E-state index contributed by atoms with van der Waals surface area (Å²) in [4.78, 5) is 0. The maximum atomic E-state index is 12.8. The summed E-state index contributed by atoms with van der Waals surface area (Å²) in [7, 11) is 0. The van der Waals surface area contributed by atoms with E-state index < -0.39 is 30.2 Å². The van der Waals surface area contributed by atoms with Crippen molar-refractivity contribution in [3.05, 3.63) is 29.6 Å². The summed E-state index contributed by atoms with van der Waals surface area (Å²) in [6, 6.07) is 2.59. The number of ether oxygens (including phenoxy) is 1. The maximum absolute atomic E-state index is 12.8. The molecule has 1 aromatic carbocycles. The van der Waals surface area contributed by atoms with Crippen LogP contribution in [-0.4, -0.2) is 6.61 Å². The third-order valence-corrected chi connectivity index (χ3v) is 1.44. The van der Waals surface area contributed by atoms with E-state index in [9.17, 15) is 22.0 Å². The molecule has 0 bridgehead atoms. The fraction of sp³-hybridized carbons (Fsp3) is 0.250. The van der Waals surface area contributed by atoms with Crippen LogP contribution in [0.15, 0.2) is 18.2 Å². The fourth-order valence-electron chi connectivity index (χ4n) is 0.911. The normalized spacial score (nSPS) is 11.1. The Morgan fingerprint density at radius 1 is 1.07 bits per heavy atom. The van der Waals surface area contributed by atoms with Gasteiger partial charge >= 0.3 is 6.61 Å². The molecule has 6 heteroatoms. The molecule has 0 spiro atoms. The van der Waals surface area contributed by atoms with Crippen LogP contribution in [0, 0.1) is 5.82 Å². The molecule has 0 aliphatic heterocycles. The average molecular weight is 212 g/mol. The third kappa shape index (κ3) is 2.34. The van der Waals surface area contributed by atoms with E-state index in [2.05, 4.69) is 4.74 Å². The molecule has 0 atom stereocenters. The van der Waals surface area contributed by atoms with Crippen LogP contribution in [0.5, 0.6) is 5.75 Å². The number of hydrogen-bond donors (Lipinski definition) is 0. The quantitative estimate of drug-likeness (QED) is 0.698. The summed E-state index contributed by atoms with van der Waals surface area (Å²) in [5.74, 6) is -2.33. The van der Waals surface area contributed by atoms with E-state index in [-0.39, 0.29) is 0 Å². The van der Waals surface area contributed by atoms with E-state index in [1.807, 2.05) is 0 Å². The van der Waals surface area contributed by atoms with E-state index in [4.69, 9.17) is 0 Å². The van der Waals surface area contributed by atoms with Crippen molar-refractivity contribution in [2.75, 3.05) is 0 Å². The van der Waals surface area contributed by atoms with Crippen molar-refractivity contribution in [1.82, 2.24) is 0 Å². The summed E-state index contributed by atoms with van der Waals surface area (Å²) in [5, 5.41) is 0. The monoisotopic (exact) mass is 212 g/mol. The lowest BCUT2D eigenvalue weighted by Crippen LogP contribution is -2.06. The maximum Gasteiger partial charge on any atom is 0.387 e. The highest BCUT2D eigenvalue weighted by Crippen LogP contribution is 2.32. The number of alkyl halides is 4. The van der Waals surface area contributed by atoms with Gasteiger partial charge in [0.15, 0.2) is 11.6 Å². The second kappa shape index (κ2) is 4.26. The highest BCUT2D eigenvalue weighted by Gasteiger charge is 2.20. The van der Waals surface area contributed by atoms with Gasteiger partial charge in [-0.25, -0.2) is 13.2 Å². The van der Waals surface area contributed by atoms with Crippen LogP contribution in [0.4, 0.5) is 22.0 Å². The van der Waals surface area contributed by atoms with Crippen molar-refractivity contribution < 1.29 is 26.7 Å². The molecule has 1 nitrogen and oxygen atoms in total. The number of rotatable bonds is 3. The van der Waals surface area contributed by atoms with Gasteiger partial charge in [-0.1, -0.05) is 6.07 Å². The molecule has 0 saturated carbocycles. The van der Waals surface area contributed by atoms with Crippen molar-refractivity contribution >= 4 is 0 Å². The van der Waals surface area contributed by atoms with Gasteiger partial charge < -0.3 is 4.74 Å². The van der Waals surface area contributed by atoms with Crippen molar-refractivity contribution in [2.24, 2.45) is 0 Å². The van der Waals surface area contributed by atoms with E-state index in [0.717, 1.165) is 18.2 Å². The largest absolute Gasteiger partial charge is 0.431 e. The van der Waals surface area contributed by atoms with Crippen molar-refractivity contribution in [3.63, 3.8) is 0 Å². The first kappa shape index (κ1) is 10.7. The van der Waals surface area contributed by atoms with Crippen LogP contribution in [0.1, 0.15) is 12.0 Å². The first-order valence-corrected chi connectivity index (χ1v) is 3.53. The Kier molecular flexibility index (Phi) is 3.27. The summed E-state index contributed by atoms with van der Waals surface area (Å²) in [5.41, 5.74) is -0.884. The first-order valence-electron chi connectivity index (χ1n) is 3.53. The Morgan fingerprint density at radius 2 is 1.71 bits per heavy atom. The lowest BCUT2D eigenvalue weighted by molar-refractivity contribution is -0.0544. The smallest absolute Gasteiger partial charge is 0.387 e. The van der Waals surface area contributed by atoms with Crippen LogP contribution >= 0.6 is 0 Å². The molecule has 0 heterocycles. The zero-order valence-electron chi connectivity index (χ0n) is 6.68. The molecular formula is C8H5F5O. The Morgan fingerprint density at radius 3 is 2.21 bits per heavy atom. The molecule has 1 rings (SSSR count). The van der Waals surface area contributed by atoms with Gasteiger partial charge in [0.1, 0.15) is 0 Å². The predicted octanol–water partition coefficient (Wildman–Crippen LogP) is 3.36. The number of para-hydroxylation sites is 1. The lowest BCUT2D eigenvalue weighted by atomic mass is 10.2. The zero-order chi connectivity index (χ0) is 10.7. The van der Waals surface area contributed by atoms with E-state index in [0.29, 0.717) is 0 Å². The van der Waals surface area contributed by atoms with Crippen molar-refractivity contribution in [2.45, 2.75) is 13.0 Å². The summed E-state index contributed by atoms with van der Waals surface area (Å²) in [6.07, 6.45) is -3.06. The van der Waals surface area contributed by atoms with Crippen molar-refractivity contribution in [1.29, 1.82) is 0 Å². The van der Waals surface area contributed by atoms with E-state index in [1.54, 1.807) is 0 Å². The molecule has 0 unspecified atom stereocenters. The summed E-state index contributed by atoms with van der Waals surface area (Å²) in [6.45, 7) is -3.33. The molecule has 0 saturated heterocycles. The van der Waals surface area contributed by atoms with Crippen LogP contribution < -0.4 is 4.74 Å².